The molecule has 0 radical (unpaired) electrons. The molecule has 2 amide bonds. The topological polar surface area (TPSA) is 63.4 Å². The summed E-state index contributed by atoms with van der Waals surface area (Å²) in [6.45, 7) is 1.16. The van der Waals surface area contributed by atoms with Gasteiger partial charge in [0.2, 0.25) is 0 Å². The number of hydrogen-bond acceptors (Lipinski definition) is 2. The molecule has 7 heteroatoms. The minimum absolute atomic E-state index is 0. The Hall–Kier alpha value is -1.32. The van der Waals surface area contributed by atoms with Crippen molar-refractivity contribution in [2.24, 2.45) is 5.73 Å². The molecular formula is C16H19LiN2O2S2. The zero-order valence-electron chi connectivity index (χ0n) is 13.9. The maximum Gasteiger partial charge on any atom is 1.00 e. The molecule has 2 aromatic rings. The third kappa shape index (κ3) is 10.1. The summed E-state index contributed by atoms with van der Waals surface area (Å²) in [6, 6.07) is 19.9. The van der Waals surface area contributed by atoms with E-state index in [0.29, 0.717) is 13.1 Å². The molecule has 2 rings (SSSR count). The standard InChI is InChI=1S/C15H15NOS.CH3NOS.Li.H/c17-15(18)16(11-13-7-3-1-4-8-13)12-14-9-5-2-6-10-14;2-1(3)4;;/h1-10H,11-12H2,(H,17,18);(H3,2,3,4);;/q;;+1;-1. The molecule has 0 aliphatic heterocycles. The number of hydrogen-bond donors (Lipinski definition) is 3. The smallest absolute Gasteiger partial charge is 1.00 e. The zero-order valence-corrected chi connectivity index (χ0v) is 14.7. The number of carbonyl (C=O) groups is 2. The third-order valence-corrected chi connectivity index (χ3v) is 2.99. The predicted octanol–water partition coefficient (Wildman–Crippen LogP) is 0.850. The number of thiol groups is 2. The van der Waals surface area contributed by atoms with Crippen molar-refractivity contribution in [3.05, 3.63) is 71.8 Å². The number of benzene rings is 2. The first-order chi connectivity index (χ1) is 10.5. The monoisotopic (exact) mass is 342 g/mol. The van der Waals surface area contributed by atoms with Gasteiger partial charge in [-0.05, 0) is 11.1 Å². The van der Waals surface area contributed by atoms with Crippen molar-refractivity contribution < 1.29 is 29.9 Å². The van der Waals surface area contributed by atoms with Crippen LogP contribution < -0.4 is 24.6 Å². The zero-order chi connectivity index (χ0) is 16.4. The van der Waals surface area contributed by atoms with Gasteiger partial charge < -0.3 is 12.1 Å². The largest absolute Gasteiger partial charge is 1.00 e. The first-order valence-corrected chi connectivity index (χ1v) is 7.42. The van der Waals surface area contributed by atoms with Crippen LogP contribution in [-0.4, -0.2) is 15.4 Å². The summed E-state index contributed by atoms with van der Waals surface area (Å²) in [5.41, 5.74) is 6.55. The number of amides is 2. The minimum Gasteiger partial charge on any atom is -1.00 e. The maximum absolute atomic E-state index is 11.5. The summed E-state index contributed by atoms with van der Waals surface area (Å²) in [7, 11) is 0. The molecular weight excluding hydrogens is 323 g/mol. The number of primary amides is 1. The predicted molar refractivity (Wildman–Crippen MR) is 96.2 cm³/mol. The Balaban J connectivity index is 0. The molecule has 2 N–H and O–H groups in total. The molecule has 4 nitrogen and oxygen atoms in total. The molecule has 0 saturated carbocycles. The molecule has 0 aliphatic rings. The van der Waals surface area contributed by atoms with Crippen molar-refractivity contribution in [1.29, 1.82) is 0 Å². The SMILES string of the molecule is NC(=O)S.O=C(S)N(Cc1ccccc1)Cc1ccccc1.[H-].[Li+]. The second kappa shape index (κ2) is 12.1. The summed E-state index contributed by atoms with van der Waals surface area (Å²) in [4.78, 5) is 22.3. The van der Waals surface area contributed by atoms with Gasteiger partial charge in [0.1, 0.15) is 0 Å². The molecule has 0 heterocycles. The van der Waals surface area contributed by atoms with Crippen molar-refractivity contribution in [1.82, 2.24) is 4.90 Å². The molecule has 0 aliphatic carbocycles. The van der Waals surface area contributed by atoms with Gasteiger partial charge in [0, 0.05) is 13.1 Å². The average molecular weight is 342 g/mol. The van der Waals surface area contributed by atoms with Crippen LogP contribution in [0.4, 0.5) is 9.59 Å². The van der Waals surface area contributed by atoms with E-state index in [0.717, 1.165) is 11.1 Å². The van der Waals surface area contributed by atoms with E-state index in [2.05, 4.69) is 31.0 Å². The summed E-state index contributed by atoms with van der Waals surface area (Å²) >= 11 is 7.05. The van der Waals surface area contributed by atoms with Crippen molar-refractivity contribution in [3.8, 4) is 0 Å². The Morgan fingerprint density at radius 1 is 0.870 bits per heavy atom. The molecule has 0 bridgehead atoms. The van der Waals surface area contributed by atoms with Crippen molar-refractivity contribution in [2.45, 2.75) is 13.1 Å². The van der Waals surface area contributed by atoms with Gasteiger partial charge in [-0.2, -0.15) is 0 Å². The number of nitrogens with zero attached hydrogens (tertiary/aromatic N) is 1. The molecule has 0 unspecified atom stereocenters. The maximum atomic E-state index is 11.5. The van der Waals surface area contributed by atoms with Gasteiger partial charge in [-0.15, -0.1) is 0 Å². The van der Waals surface area contributed by atoms with Crippen LogP contribution in [0.3, 0.4) is 0 Å². The van der Waals surface area contributed by atoms with Crippen LogP contribution in [-0.2, 0) is 13.1 Å². The third-order valence-electron chi connectivity index (χ3n) is 2.70. The molecule has 2 aromatic carbocycles. The van der Waals surface area contributed by atoms with Gasteiger partial charge >= 0.3 is 18.9 Å². The Morgan fingerprint density at radius 2 is 1.17 bits per heavy atom. The molecule has 118 valence electrons. The first-order valence-electron chi connectivity index (χ1n) is 6.53. The van der Waals surface area contributed by atoms with Crippen LogP contribution >= 0.6 is 25.3 Å². The normalized spacial score (nSPS) is 8.96. The van der Waals surface area contributed by atoms with E-state index >= 15 is 0 Å². The Morgan fingerprint density at radius 3 is 1.43 bits per heavy atom. The van der Waals surface area contributed by atoms with Gasteiger partial charge in [0.25, 0.3) is 10.5 Å². The number of carbonyl (C=O) groups excluding carboxylic acids is 2. The summed E-state index contributed by atoms with van der Waals surface area (Å²) < 4.78 is 0. The Labute approximate surface area is 160 Å². The van der Waals surface area contributed by atoms with Crippen molar-refractivity contribution in [3.63, 3.8) is 0 Å². The van der Waals surface area contributed by atoms with Crippen LogP contribution in [0.5, 0.6) is 0 Å². The van der Waals surface area contributed by atoms with E-state index < -0.39 is 5.24 Å². The fourth-order valence-corrected chi connectivity index (χ4v) is 1.94. The van der Waals surface area contributed by atoms with E-state index in [4.69, 9.17) is 4.79 Å². The van der Waals surface area contributed by atoms with Crippen LogP contribution in [0.2, 0.25) is 0 Å². The van der Waals surface area contributed by atoms with E-state index in [9.17, 15) is 4.79 Å². The van der Waals surface area contributed by atoms with Crippen molar-refractivity contribution >= 4 is 35.7 Å². The van der Waals surface area contributed by atoms with E-state index in [1.807, 2.05) is 60.7 Å². The molecule has 0 fully saturated rings. The minimum atomic E-state index is -0.639. The molecule has 0 aromatic heterocycles. The van der Waals surface area contributed by atoms with Gasteiger partial charge in [-0.3, -0.25) is 9.59 Å². The van der Waals surface area contributed by atoms with Gasteiger partial charge in [-0.1, -0.05) is 85.9 Å². The molecule has 23 heavy (non-hydrogen) atoms. The molecule has 0 spiro atoms. The Kier molecular flexibility index (Phi) is 11.4. The summed E-state index contributed by atoms with van der Waals surface area (Å²) in [5, 5.41) is -0.845. The molecule has 0 saturated heterocycles. The van der Waals surface area contributed by atoms with Gasteiger partial charge in [-0.25, -0.2) is 0 Å². The van der Waals surface area contributed by atoms with Crippen LogP contribution in [0.1, 0.15) is 12.6 Å². The number of nitrogens with two attached hydrogens (primary N) is 1. The second-order valence-corrected chi connectivity index (χ2v) is 5.27. The van der Waals surface area contributed by atoms with Crippen LogP contribution in [0, 0.1) is 0 Å². The summed E-state index contributed by atoms with van der Waals surface area (Å²) in [5.74, 6) is 0. The van der Waals surface area contributed by atoms with Crippen LogP contribution in [0.15, 0.2) is 60.7 Å². The Bertz CT molecular complexity index is 558. The number of rotatable bonds is 4. The second-order valence-electron chi connectivity index (χ2n) is 4.45. The fraction of sp³-hybridized carbons (Fsp3) is 0.125. The van der Waals surface area contributed by atoms with Crippen LogP contribution in [0.25, 0.3) is 0 Å². The van der Waals surface area contributed by atoms with E-state index in [1.165, 1.54) is 0 Å². The average Bonchev–Trinajstić information content (AvgIpc) is 2.48. The summed E-state index contributed by atoms with van der Waals surface area (Å²) in [6.07, 6.45) is 0. The van der Waals surface area contributed by atoms with Crippen molar-refractivity contribution in [2.75, 3.05) is 0 Å². The van der Waals surface area contributed by atoms with Gasteiger partial charge in [0.15, 0.2) is 0 Å². The fourth-order valence-electron chi connectivity index (χ4n) is 1.80. The van der Waals surface area contributed by atoms with E-state index in [-0.39, 0.29) is 25.5 Å². The quantitative estimate of drug-likeness (QED) is 0.570. The van der Waals surface area contributed by atoms with E-state index in [1.54, 1.807) is 4.90 Å². The van der Waals surface area contributed by atoms with Gasteiger partial charge in [0.05, 0.1) is 0 Å². The molecule has 0 atom stereocenters. The first kappa shape index (κ1) is 21.7.